The molecule has 0 bridgehead atoms. The van der Waals surface area contributed by atoms with Crippen LogP contribution in [0.15, 0.2) is 0 Å². The van der Waals surface area contributed by atoms with Gasteiger partial charge in [-0.2, -0.15) is 0 Å². The predicted molar refractivity (Wildman–Crippen MR) is 49.4 cm³/mol. The Kier molecular flexibility index (Phi) is 2.88. The lowest BCUT2D eigenvalue weighted by atomic mass is 10.1. The van der Waals surface area contributed by atoms with Crippen molar-refractivity contribution in [3.63, 3.8) is 0 Å². The van der Waals surface area contributed by atoms with Gasteiger partial charge in [0.05, 0.1) is 0 Å². The van der Waals surface area contributed by atoms with E-state index in [1.54, 1.807) is 0 Å². The van der Waals surface area contributed by atoms with Crippen LogP contribution in [0, 0.1) is 0 Å². The highest BCUT2D eigenvalue weighted by atomic mass is 16.2. The van der Waals surface area contributed by atoms with Crippen molar-refractivity contribution in [1.29, 1.82) is 0 Å². The van der Waals surface area contributed by atoms with Gasteiger partial charge in [-0.25, -0.2) is 0 Å². The second-order valence-electron chi connectivity index (χ2n) is 3.40. The highest BCUT2D eigenvalue weighted by Gasteiger charge is 2.40. The van der Waals surface area contributed by atoms with Gasteiger partial charge in [0.25, 0.3) is 5.91 Å². The number of carbonyl (C=O) groups is 4. The summed E-state index contributed by atoms with van der Waals surface area (Å²) in [5, 5.41) is 0. The van der Waals surface area contributed by atoms with Gasteiger partial charge in [-0.1, -0.05) is 0 Å². The molecular weight excluding hydrogens is 200 g/mol. The molecule has 1 fully saturated rings. The molecule has 1 saturated heterocycles. The summed E-state index contributed by atoms with van der Waals surface area (Å²) in [7, 11) is 0. The van der Waals surface area contributed by atoms with E-state index in [4.69, 9.17) is 0 Å². The molecule has 0 spiro atoms. The van der Waals surface area contributed by atoms with E-state index in [0.717, 1.165) is 9.80 Å². The third-order valence-electron chi connectivity index (χ3n) is 2.29. The molecule has 1 rings (SSSR count). The highest BCUT2D eigenvalue weighted by molar-refractivity contribution is 6.09. The summed E-state index contributed by atoms with van der Waals surface area (Å²) in [5.74, 6) is -2.01. The number of hydrogen-bond acceptors (Lipinski definition) is 4. The molecule has 15 heavy (non-hydrogen) atoms. The number of nitrogens with zero attached hydrogens (tertiary/aromatic N) is 2. The first-order chi connectivity index (χ1) is 6.86. The van der Waals surface area contributed by atoms with Crippen molar-refractivity contribution < 1.29 is 19.2 Å². The number of piperazine rings is 1. The molecule has 0 aliphatic carbocycles. The Bertz CT molecular complexity index is 350. The summed E-state index contributed by atoms with van der Waals surface area (Å²) >= 11 is 0. The van der Waals surface area contributed by atoms with Gasteiger partial charge in [0, 0.05) is 13.8 Å². The van der Waals surface area contributed by atoms with E-state index < -0.39 is 29.7 Å². The molecule has 0 radical (unpaired) electrons. The zero-order valence-electron chi connectivity index (χ0n) is 8.81. The molecule has 82 valence electrons. The normalized spacial score (nSPS) is 21.9. The molecular formula is C9H12N2O4. The van der Waals surface area contributed by atoms with Crippen molar-refractivity contribution in [1.82, 2.24) is 9.80 Å². The van der Waals surface area contributed by atoms with Crippen molar-refractivity contribution in [2.24, 2.45) is 0 Å². The SMILES string of the molecule is CC(=O)N1CC(=O)N(C(C)=O)C(C)C1=O. The Balaban J connectivity index is 2.99. The summed E-state index contributed by atoms with van der Waals surface area (Å²) in [6, 6.07) is -0.896. The standard InChI is InChI=1S/C9H12N2O4/c1-5-9(15)10(6(2)12)4-8(14)11(5)7(3)13/h5H,4H2,1-3H3. The summed E-state index contributed by atoms with van der Waals surface area (Å²) in [6.45, 7) is 3.50. The van der Waals surface area contributed by atoms with Crippen LogP contribution in [0.1, 0.15) is 20.8 Å². The smallest absolute Gasteiger partial charge is 0.252 e. The zero-order chi connectivity index (χ0) is 11.7. The fraction of sp³-hybridized carbons (Fsp3) is 0.556. The van der Waals surface area contributed by atoms with Gasteiger partial charge >= 0.3 is 0 Å². The third-order valence-corrected chi connectivity index (χ3v) is 2.29. The van der Waals surface area contributed by atoms with Crippen molar-refractivity contribution >= 4 is 23.6 Å². The van der Waals surface area contributed by atoms with Crippen molar-refractivity contribution in [3.05, 3.63) is 0 Å². The van der Waals surface area contributed by atoms with E-state index in [0.29, 0.717) is 0 Å². The van der Waals surface area contributed by atoms with E-state index in [-0.39, 0.29) is 6.54 Å². The molecule has 6 nitrogen and oxygen atoms in total. The first kappa shape index (κ1) is 11.4. The Hall–Kier alpha value is -1.72. The highest BCUT2D eigenvalue weighted by Crippen LogP contribution is 2.12. The maximum Gasteiger partial charge on any atom is 0.252 e. The van der Waals surface area contributed by atoms with Gasteiger partial charge in [0.15, 0.2) is 0 Å². The minimum absolute atomic E-state index is 0.349. The largest absolute Gasteiger partial charge is 0.275 e. The first-order valence-corrected chi connectivity index (χ1v) is 4.50. The van der Waals surface area contributed by atoms with E-state index >= 15 is 0 Å². The first-order valence-electron chi connectivity index (χ1n) is 4.50. The van der Waals surface area contributed by atoms with E-state index in [1.807, 2.05) is 0 Å². The van der Waals surface area contributed by atoms with Crippen LogP contribution in [0.3, 0.4) is 0 Å². The third kappa shape index (κ3) is 1.88. The van der Waals surface area contributed by atoms with Crippen LogP contribution in [-0.4, -0.2) is 46.0 Å². The molecule has 0 aromatic carbocycles. The van der Waals surface area contributed by atoms with Gasteiger partial charge in [-0.05, 0) is 6.92 Å². The second kappa shape index (κ2) is 3.80. The molecule has 0 aromatic rings. The van der Waals surface area contributed by atoms with Crippen LogP contribution in [0.5, 0.6) is 0 Å². The minimum Gasteiger partial charge on any atom is -0.275 e. The van der Waals surface area contributed by atoms with Crippen molar-refractivity contribution in [3.8, 4) is 0 Å². The number of hydrogen-bond donors (Lipinski definition) is 0. The fourth-order valence-electron chi connectivity index (χ4n) is 1.56. The van der Waals surface area contributed by atoms with E-state index in [9.17, 15) is 19.2 Å². The minimum atomic E-state index is -0.896. The van der Waals surface area contributed by atoms with Crippen LogP contribution in [-0.2, 0) is 19.2 Å². The maximum atomic E-state index is 11.6. The molecule has 4 amide bonds. The summed E-state index contributed by atoms with van der Waals surface area (Å²) in [5.41, 5.74) is 0. The van der Waals surface area contributed by atoms with E-state index in [2.05, 4.69) is 0 Å². The van der Waals surface area contributed by atoms with Crippen LogP contribution < -0.4 is 0 Å². The summed E-state index contributed by atoms with van der Waals surface area (Å²) < 4.78 is 0. The molecule has 1 aliphatic rings. The van der Waals surface area contributed by atoms with Gasteiger partial charge in [-0.15, -0.1) is 0 Å². The molecule has 0 N–H and O–H groups in total. The predicted octanol–water partition coefficient (Wildman–Crippen LogP) is -0.861. The number of amides is 4. The molecule has 1 atom stereocenters. The van der Waals surface area contributed by atoms with Crippen LogP contribution >= 0.6 is 0 Å². The fourth-order valence-corrected chi connectivity index (χ4v) is 1.56. The Morgan fingerprint density at radius 1 is 1.20 bits per heavy atom. The second-order valence-corrected chi connectivity index (χ2v) is 3.40. The lowest BCUT2D eigenvalue weighted by Crippen LogP contribution is -2.61. The molecule has 1 heterocycles. The maximum absolute atomic E-state index is 11.6. The average Bonchev–Trinajstić information content (AvgIpc) is 2.10. The van der Waals surface area contributed by atoms with E-state index in [1.165, 1.54) is 20.8 Å². The summed E-state index contributed by atoms with van der Waals surface area (Å²) in [6.07, 6.45) is 0. The molecule has 0 saturated carbocycles. The zero-order valence-corrected chi connectivity index (χ0v) is 8.81. The number of carbonyl (C=O) groups excluding carboxylic acids is 4. The van der Waals surface area contributed by atoms with Crippen molar-refractivity contribution in [2.75, 3.05) is 6.54 Å². The van der Waals surface area contributed by atoms with Gasteiger partial charge in [0.2, 0.25) is 17.7 Å². The lowest BCUT2D eigenvalue weighted by Gasteiger charge is -2.35. The average molecular weight is 212 g/mol. The van der Waals surface area contributed by atoms with Crippen LogP contribution in [0.2, 0.25) is 0 Å². The number of rotatable bonds is 0. The van der Waals surface area contributed by atoms with Crippen LogP contribution in [0.25, 0.3) is 0 Å². The van der Waals surface area contributed by atoms with Gasteiger partial charge in [-0.3, -0.25) is 29.0 Å². The lowest BCUT2D eigenvalue weighted by molar-refractivity contribution is -0.165. The molecule has 0 aromatic heterocycles. The Labute approximate surface area is 86.8 Å². The molecule has 1 unspecified atom stereocenters. The molecule has 6 heteroatoms. The van der Waals surface area contributed by atoms with Crippen LogP contribution in [0.4, 0.5) is 0 Å². The summed E-state index contributed by atoms with van der Waals surface area (Å²) in [4.78, 5) is 46.9. The quantitative estimate of drug-likeness (QED) is 0.523. The number of imide groups is 2. The topological polar surface area (TPSA) is 74.8 Å². The monoisotopic (exact) mass is 212 g/mol. The molecule has 1 aliphatic heterocycles. The van der Waals surface area contributed by atoms with Gasteiger partial charge in [0.1, 0.15) is 12.6 Å². The Morgan fingerprint density at radius 2 is 1.73 bits per heavy atom. The van der Waals surface area contributed by atoms with Crippen molar-refractivity contribution in [2.45, 2.75) is 26.8 Å². The Morgan fingerprint density at radius 3 is 2.13 bits per heavy atom. The van der Waals surface area contributed by atoms with Gasteiger partial charge < -0.3 is 0 Å².